The van der Waals surface area contributed by atoms with Gasteiger partial charge in [0.25, 0.3) is 11.7 Å². The molecule has 184 valence electrons. The van der Waals surface area contributed by atoms with Gasteiger partial charge >= 0.3 is 0 Å². The van der Waals surface area contributed by atoms with Gasteiger partial charge in [0.05, 0.1) is 28.4 Å². The van der Waals surface area contributed by atoms with Gasteiger partial charge in [-0.25, -0.2) is 9.37 Å². The number of nitrogens with zero attached hydrogens (tertiary/aromatic N) is 8. The number of aromatic amines is 1. The van der Waals surface area contributed by atoms with E-state index in [9.17, 15) is 14.0 Å². The van der Waals surface area contributed by atoms with Crippen LogP contribution in [0.25, 0.3) is 16.6 Å². The number of aromatic nitrogens is 6. The number of H-pyrrole nitrogens is 1. The summed E-state index contributed by atoms with van der Waals surface area (Å²) in [4.78, 5) is 41.3. The van der Waals surface area contributed by atoms with Crippen LogP contribution in [0, 0.1) is 5.82 Å². The van der Waals surface area contributed by atoms with Gasteiger partial charge in [-0.15, -0.1) is 0 Å². The molecule has 13 heteroatoms. The van der Waals surface area contributed by atoms with Gasteiger partial charge < -0.3 is 19.6 Å². The number of amides is 1. The van der Waals surface area contributed by atoms with Crippen LogP contribution in [0.1, 0.15) is 23.0 Å². The van der Waals surface area contributed by atoms with Crippen molar-refractivity contribution >= 4 is 34.3 Å². The van der Waals surface area contributed by atoms with E-state index >= 15 is 0 Å². The van der Waals surface area contributed by atoms with Crippen LogP contribution in [-0.2, 0) is 9.63 Å². The van der Waals surface area contributed by atoms with Crippen LogP contribution in [0.2, 0.25) is 0 Å². The average molecular weight is 491 g/mol. The summed E-state index contributed by atoms with van der Waals surface area (Å²) in [6.07, 6.45) is 2.32. The molecule has 1 saturated heterocycles. The van der Waals surface area contributed by atoms with Crippen LogP contribution in [-0.4, -0.2) is 85.8 Å². The largest absolute Gasteiger partial charge is 0.399 e. The fourth-order valence-electron chi connectivity index (χ4n) is 4.23. The normalized spacial score (nSPS) is 14.4. The maximum Gasteiger partial charge on any atom is 0.295 e. The number of oxime groups is 1. The molecule has 36 heavy (non-hydrogen) atoms. The molecule has 1 aliphatic heterocycles. The lowest BCUT2D eigenvalue weighted by Gasteiger charge is -2.34. The topological polar surface area (TPSA) is 134 Å². The molecule has 4 heterocycles. The number of carbonyl (C=O) groups excluding carboxylic acids is 2. The van der Waals surface area contributed by atoms with E-state index < -0.39 is 17.5 Å². The monoisotopic (exact) mass is 491 g/mol. The second-order valence-electron chi connectivity index (χ2n) is 8.10. The van der Waals surface area contributed by atoms with Crippen LogP contribution in [0.15, 0.2) is 47.9 Å². The third kappa shape index (κ3) is 4.04. The zero-order valence-corrected chi connectivity index (χ0v) is 19.6. The number of carbonyl (C=O) groups is 2. The number of Topliss-reactive ketones (excluding diaryl/α,β-unsaturated/α-hetero) is 1. The number of benzene rings is 1. The van der Waals surface area contributed by atoms with Gasteiger partial charge in [-0.3, -0.25) is 9.59 Å². The number of piperazine rings is 1. The predicted molar refractivity (Wildman–Crippen MR) is 128 cm³/mol. The number of fused-ring (bicyclic) bond motifs is 1. The zero-order chi connectivity index (χ0) is 25.2. The Bertz CT molecular complexity index is 1460. The molecule has 1 aromatic carbocycles. The summed E-state index contributed by atoms with van der Waals surface area (Å²) in [5, 5.41) is 15.8. The lowest BCUT2D eigenvalue weighted by atomic mass is 10.1. The summed E-state index contributed by atoms with van der Waals surface area (Å²) in [5.41, 5.74) is 1.74. The van der Waals surface area contributed by atoms with E-state index in [-0.39, 0.29) is 29.6 Å². The van der Waals surface area contributed by atoms with Crippen molar-refractivity contribution in [3.8, 4) is 5.69 Å². The highest BCUT2D eigenvalue weighted by Gasteiger charge is 2.31. The smallest absolute Gasteiger partial charge is 0.295 e. The van der Waals surface area contributed by atoms with Crippen LogP contribution >= 0.6 is 0 Å². The van der Waals surface area contributed by atoms with E-state index in [1.807, 2.05) is 35.2 Å². The fourth-order valence-corrected chi connectivity index (χ4v) is 4.23. The molecule has 5 rings (SSSR count). The molecule has 1 amide bonds. The summed E-state index contributed by atoms with van der Waals surface area (Å²) >= 11 is 0. The molecule has 0 unspecified atom stereocenters. The first kappa shape index (κ1) is 23.1. The number of rotatable bonds is 6. The summed E-state index contributed by atoms with van der Waals surface area (Å²) in [7, 11) is 1.38. The zero-order valence-electron chi connectivity index (χ0n) is 19.6. The van der Waals surface area contributed by atoms with Crippen molar-refractivity contribution in [3.05, 3.63) is 59.8 Å². The van der Waals surface area contributed by atoms with Gasteiger partial charge in [0, 0.05) is 32.4 Å². The number of halogens is 1. The number of pyridine rings is 1. The molecule has 0 aliphatic carbocycles. The molecule has 0 radical (unpaired) electrons. The van der Waals surface area contributed by atoms with Crippen LogP contribution in [0.4, 0.5) is 10.3 Å². The van der Waals surface area contributed by atoms with E-state index in [1.54, 1.807) is 11.6 Å². The Morgan fingerprint density at radius 3 is 2.61 bits per heavy atom. The van der Waals surface area contributed by atoms with Gasteiger partial charge in [0.1, 0.15) is 18.5 Å². The van der Waals surface area contributed by atoms with Gasteiger partial charge in [0.15, 0.2) is 5.82 Å². The first-order valence-electron chi connectivity index (χ1n) is 11.2. The van der Waals surface area contributed by atoms with E-state index in [0.29, 0.717) is 30.4 Å². The molecule has 0 atom stereocenters. The molecular weight excluding hydrogens is 469 g/mol. The van der Waals surface area contributed by atoms with Crippen molar-refractivity contribution in [2.45, 2.75) is 6.92 Å². The minimum Gasteiger partial charge on any atom is -0.399 e. The van der Waals surface area contributed by atoms with Gasteiger partial charge in [-0.2, -0.15) is 4.68 Å². The van der Waals surface area contributed by atoms with Crippen molar-refractivity contribution in [1.82, 2.24) is 35.1 Å². The van der Waals surface area contributed by atoms with Crippen LogP contribution < -0.4 is 4.90 Å². The first-order chi connectivity index (χ1) is 17.5. The number of hydrogen-bond acceptors (Lipinski definition) is 9. The third-order valence-corrected chi connectivity index (χ3v) is 5.98. The van der Waals surface area contributed by atoms with Gasteiger partial charge in [-0.1, -0.05) is 28.5 Å². The Kier molecular flexibility index (Phi) is 6.10. The van der Waals surface area contributed by atoms with E-state index in [1.165, 1.54) is 18.2 Å². The second-order valence-corrected chi connectivity index (χ2v) is 8.10. The maximum atomic E-state index is 14.7. The minimum atomic E-state index is -0.804. The molecule has 1 aliphatic rings. The fraction of sp³-hybridized carbons (Fsp3) is 0.261. The quantitative estimate of drug-likeness (QED) is 0.186. The van der Waals surface area contributed by atoms with Crippen molar-refractivity contribution in [1.29, 1.82) is 0 Å². The van der Waals surface area contributed by atoms with E-state index in [4.69, 9.17) is 4.84 Å². The molecule has 12 nitrogen and oxygen atoms in total. The molecule has 0 saturated carbocycles. The molecule has 0 bridgehead atoms. The first-order valence-corrected chi connectivity index (χ1v) is 11.2. The van der Waals surface area contributed by atoms with E-state index in [2.05, 4.69) is 30.6 Å². The Hall–Kier alpha value is -4.68. The number of nitrogens with one attached hydrogen (secondary N) is 1. The Morgan fingerprint density at radius 1 is 1.14 bits per heavy atom. The summed E-state index contributed by atoms with van der Waals surface area (Å²) in [6.45, 7) is 3.06. The molecule has 1 fully saturated rings. The van der Waals surface area contributed by atoms with Crippen molar-refractivity contribution in [2.75, 3.05) is 38.2 Å². The Morgan fingerprint density at radius 2 is 1.89 bits per heavy atom. The number of para-hydroxylation sites is 1. The SMILES string of the molecule is CO/N=C(/C)c1ncc(F)c2c(C(=O)C(=O)N3CCN(c4nnnn4-c4ccccc4)CC3)c[nH]c12. The highest BCUT2D eigenvalue weighted by Crippen LogP contribution is 2.25. The third-order valence-electron chi connectivity index (χ3n) is 5.98. The average Bonchev–Trinajstić information content (AvgIpc) is 3.57. The molecule has 4 aromatic rings. The maximum absolute atomic E-state index is 14.7. The number of anilines is 1. The van der Waals surface area contributed by atoms with Crippen molar-refractivity contribution < 1.29 is 18.8 Å². The number of ketones is 1. The molecule has 0 spiro atoms. The summed E-state index contributed by atoms with van der Waals surface area (Å²) in [5.74, 6) is -1.68. The van der Waals surface area contributed by atoms with Gasteiger partial charge in [-0.05, 0) is 29.5 Å². The highest BCUT2D eigenvalue weighted by molar-refractivity contribution is 6.45. The van der Waals surface area contributed by atoms with Crippen LogP contribution in [0.3, 0.4) is 0 Å². The summed E-state index contributed by atoms with van der Waals surface area (Å²) < 4.78 is 16.3. The van der Waals surface area contributed by atoms with E-state index in [0.717, 1.165) is 11.9 Å². The highest BCUT2D eigenvalue weighted by atomic mass is 19.1. The lowest BCUT2D eigenvalue weighted by Crippen LogP contribution is -2.51. The summed E-state index contributed by atoms with van der Waals surface area (Å²) in [6, 6.07) is 9.47. The minimum absolute atomic E-state index is 0.00956. The molecular formula is C23H22FN9O3. The van der Waals surface area contributed by atoms with Crippen LogP contribution in [0.5, 0.6) is 0 Å². The predicted octanol–water partition coefficient (Wildman–Crippen LogP) is 1.58. The van der Waals surface area contributed by atoms with Crippen molar-refractivity contribution in [2.24, 2.45) is 5.16 Å². The Balaban J connectivity index is 1.33. The molecule has 3 aromatic heterocycles. The Labute approximate surface area is 204 Å². The second kappa shape index (κ2) is 9.52. The standard InChI is InChI=1S/C23H22FN9O3/c1-14(28-36-2)19-20-18(17(24)13-26-19)16(12-25-20)21(34)22(35)31-8-10-32(11-9-31)23-27-29-30-33(23)15-6-4-3-5-7-15/h3-7,12-13,25H,8-11H2,1-2H3/b28-14-. The lowest BCUT2D eigenvalue weighted by molar-refractivity contribution is -0.126. The number of tetrazole rings is 1. The number of hydrogen-bond donors (Lipinski definition) is 1. The molecule has 1 N–H and O–H groups in total. The van der Waals surface area contributed by atoms with Gasteiger partial charge in [0.2, 0.25) is 5.95 Å². The van der Waals surface area contributed by atoms with Crippen molar-refractivity contribution in [3.63, 3.8) is 0 Å².